The molecule has 0 aliphatic heterocycles. The largest absolute Gasteiger partial charge is 0.293 e. The van der Waals surface area contributed by atoms with Gasteiger partial charge in [0.05, 0.1) is 5.92 Å². The second kappa shape index (κ2) is 5.86. The van der Waals surface area contributed by atoms with Gasteiger partial charge in [0.25, 0.3) is 0 Å². The second-order valence-corrected chi connectivity index (χ2v) is 7.59. The Balaban J connectivity index is 1.64. The van der Waals surface area contributed by atoms with Crippen LogP contribution in [0.2, 0.25) is 0 Å². The fourth-order valence-electron chi connectivity index (χ4n) is 4.86. The molecule has 136 valence electrons. The summed E-state index contributed by atoms with van der Waals surface area (Å²) in [6.07, 6.45) is 1.96. The summed E-state index contributed by atoms with van der Waals surface area (Å²) < 4.78 is 0. The maximum atomic E-state index is 13.7. The average molecular weight is 372 g/mol. The van der Waals surface area contributed by atoms with Crippen molar-refractivity contribution in [1.29, 1.82) is 0 Å². The molecule has 0 N–H and O–H groups in total. The van der Waals surface area contributed by atoms with Crippen LogP contribution >= 0.6 is 0 Å². The minimum atomic E-state index is -0.369. The summed E-state index contributed by atoms with van der Waals surface area (Å²) in [4.78, 5) is 26.8. The van der Waals surface area contributed by atoms with Crippen molar-refractivity contribution in [3.05, 3.63) is 130 Å². The monoisotopic (exact) mass is 372 g/mol. The standard InChI is InChI=1S/C27H16O2/c28-26-19-14-8-7-13-18(19)24-21(26)15-20-22(16-9-3-1-4-10-16)27(29)23(25(20)24)17-11-5-2-6-12-17/h1-15,22H. The van der Waals surface area contributed by atoms with E-state index in [4.69, 9.17) is 0 Å². The van der Waals surface area contributed by atoms with Crippen molar-refractivity contribution in [2.75, 3.05) is 0 Å². The molecule has 3 aromatic rings. The third-order valence-electron chi connectivity index (χ3n) is 6.06. The molecular weight excluding hydrogens is 356 g/mol. The van der Waals surface area contributed by atoms with Gasteiger partial charge in [-0.15, -0.1) is 0 Å². The minimum Gasteiger partial charge on any atom is -0.293 e. The summed E-state index contributed by atoms with van der Waals surface area (Å²) in [6, 6.07) is 27.4. The molecule has 0 fully saturated rings. The zero-order chi connectivity index (χ0) is 19.5. The van der Waals surface area contributed by atoms with E-state index in [0.717, 1.165) is 50.1 Å². The predicted molar refractivity (Wildman–Crippen MR) is 113 cm³/mol. The number of carbonyl (C=O) groups excluding carboxylic acids is 2. The Kier molecular flexibility index (Phi) is 3.27. The van der Waals surface area contributed by atoms with Gasteiger partial charge in [-0.2, -0.15) is 0 Å². The van der Waals surface area contributed by atoms with Crippen molar-refractivity contribution in [2.24, 2.45) is 0 Å². The molecule has 2 heteroatoms. The molecule has 0 bridgehead atoms. The van der Waals surface area contributed by atoms with Crippen LogP contribution in [-0.2, 0) is 4.79 Å². The van der Waals surface area contributed by atoms with Crippen LogP contribution in [0, 0.1) is 0 Å². The summed E-state index contributed by atoms with van der Waals surface area (Å²) in [7, 11) is 0. The lowest BCUT2D eigenvalue weighted by molar-refractivity contribution is -0.113. The first-order valence-electron chi connectivity index (χ1n) is 9.75. The normalized spacial score (nSPS) is 19.4. The van der Waals surface area contributed by atoms with Crippen molar-refractivity contribution in [1.82, 2.24) is 0 Å². The van der Waals surface area contributed by atoms with Gasteiger partial charge >= 0.3 is 0 Å². The molecule has 0 amide bonds. The average Bonchev–Trinajstić information content (AvgIpc) is 3.36. The van der Waals surface area contributed by atoms with Crippen molar-refractivity contribution >= 4 is 22.7 Å². The van der Waals surface area contributed by atoms with Crippen molar-refractivity contribution in [2.45, 2.75) is 5.92 Å². The Hall–Kier alpha value is -3.78. The van der Waals surface area contributed by atoms with Crippen LogP contribution in [0.15, 0.2) is 108 Å². The lowest BCUT2D eigenvalue weighted by Crippen LogP contribution is -2.10. The van der Waals surface area contributed by atoms with Crippen LogP contribution in [0.1, 0.15) is 33.0 Å². The molecule has 0 radical (unpaired) electrons. The molecule has 0 heterocycles. The molecule has 29 heavy (non-hydrogen) atoms. The van der Waals surface area contributed by atoms with Gasteiger partial charge in [0.2, 0.25) is 0 Å². The van der Waals surface area contributed by atoms with Gasteiger partial charge in [-0.05, 0) is 33.9 Å². The smallest absolute Gasteiger partial charge is 0.194 e. The maximum absolute atomic E-state index is 13.7. The van der Waals surface area contributed by atoms with Crippen LogP contribution in [0.3, 0.4) is 0 Å². The van der Waals surface area contributed by atoms with E-state index in [-0.39, 0.29) is 17.5 Å². The molecule has 3 aliphatic carbocycles. The number of hydrogen-bond donors (Lipinski definition) is 0. The molecule has 2 nitrogen and oxygen atoms in total. The van der Waals surface area contributed by atoms with Crippen LogP contribution in [0.4, 0.5) is 0 Å². The topological polar surface area (TPSA) is 34.1 Å². The zero-order valence-corrected chi connectivity index (χ0v) is 15.6. The quantitative estimate of drug-likeness (QED) is 0.604. The lowest BCUT2D eigenvalue weighted by Gasteiger charge is -2.13. The Morgan fingerprint density at radius 2 is 1.21 bits per heavy atom. The number of benzene rings is 3. The van der Waals surface area contributed by atoms with Crippen LogP contribution in [-0.4, -0.2) is 11.6 Å². The van der Waals surface area contributed by atoms with E-state index in [9.17, 15) is 9.59 Å². The first-order chi connectivity index (χ1) is 14.3. The summed E-state index contributed by atoms with van der Waals surface area (Å²) in [5, 5.41) is 0. The van der Waals surface area contributed by atoms with Gasteiger partial charge in [-0.25, -0.2) is 0 Å². The van der Waals surface area contributed by atoms with E-state index in [1.165, 1.54) is 0 Å². The highest BCUT2D eigenvalue weighted by molar-refractivity contribution is 6.37. The van der Waals surface area contributed by atoms with E-state index in [1.807, 2.05) is 91.0 Å². The first kappa shape index (κ1) is 16.2. The Morgan fingerprint density at radius 1 is 0.586 bits per heavy atom. The molecule has 3 aromatic carbocycles. The maximum Gasteiger partial charge on any atom is 0.194 e. The van der Waals surface area contributed by atoms with E-state index < -0.39 is 0 Å². The number of rotatable bonds is 2. The third kappa shape index (κ3) is 2.11. The van der Waals surface area contributed by atoms with Gasteiger partial charge < -0.3 is 0 Å². The molecule has 1 atom stereocenters. The molecular formula is C27H16O2. The Labute approximate surface area is 168 Å². The van der Waals surface area contributed by atoms with E-state index >= 15 is 0 Å². The number of ketones is 2. The SMILES string of the molecule is O=C1C2=C(C3=C(c4ccccc4)C(=O)C(c4ccccc4)C3=C2)c2ccccc21. The molecule has 6 rings (SSSR count). The number of hydrogen-bond acceptors (Lipinski definition) is 2. The number of Topliss-reactive ketones (excluding diaryl/α,β-unsaturated/α-hetero) is 2. The fraction of sp³-hybridized carbons (Fsp3) is 0.0370. The summed E-state index contributed by atoms with van der Waals surface area (Å²) in [5.74, 6) is -0.212. The van der Waals surface area contributed by atoms with Crippen molar-refractivity contribution in [3.63, 3.8) is 0 Å². The van der Waals surface area contributed by atoms with E-state index in [2.05, 4.69) is 0 Å². The zero-order valence-electron chi connectivity index (χ0n) is 15.6. The van der Waals surface area contributed by atoms with Crippen LogP contribution < -0.4 is 0 Å². The Bertz CT molecular complexity index is 1300. The highest BCUT2D eigenvalue weighted by Crippen LogP contribution is 2.56. The number of fused-ring (bicyclic) bond motifs is 4. The van der Waals surface area contributed by atoms with Gasteiger partial charge in [-0.1, -0.05) is 84.9 Å². The van der Waals surface area contributed by atoms with E-state index in [0.29, 0.717) is 0 Å². The summed E-state index contributed by atoms with van der Waals surface area (Å²) >= 11 is 0. The fourth-order valence-corrected chi connectivity index (χ4v) is 4.86. The Morgan fingerprint density at radius 3 is 1.93 bits per heavy atom. The second-order valence-electron chi connectivity index (χ2n) is 7.59. The van der Waals surface area contributed by atoms with Gasteiger partial charge in [-0.3, -0.25) is 9.59 Å². The molecule has 0 saturated heterocycles. The van der Waals surface area contributed by atoms with Crippen LogP contribution in [0.5, 0.6) is 0 Å². The highest BCUT2D eigenvalue weighted by Gasteiger charge is 2.47. The number of allylic oxidation sites excluding steroid dienone is 6. The van der Waals surface area contributed by atoms with Crippen molar-refractivity contribution in [3.8, 4) is 0 Å². The minimum absolute atomic E-state index is 0.0525. The van der Waals surface area contributed by atoms with Gasteiger partial charge in [0, 0.05) is 22.3 Å². The predicted octanol–water partition coefficient (Wildman–Crippen LogP) is 5.40. The first-order valence-corrected chi connectivity index (χ1v) is 9.75. The third-order valence-corrected chi connectivity index (χ3v) is 6.06. The lowest BCUT2D eigenvalue weighted by atomic mass is 9.89. The highest BCUT2D eigenvalue weighted by atomic mass is 16.1. The molecule has 0 saturated carbocycles. The summed E-state index contributed by atoms with van der Waals surface area (Å²) in [6.45, 7) is 0. The van der Waals surface area contributed by atoms with E-state index in [1.54, 1.807) is 0 Å². The molecule has 0 aromatic heterocycles. The van der Waals surface area contributed by atoms with Gasteiger partial charge in [0.1, 0.15) is 0 Å². The molecule has 1 unspecified atom stereocenters. The molecule has 0 spiro atoms. The van der Waals surface area contributed by atoms with Gasteiger partial charge in [0.15, 0.2) is 11.6 Å². The van der Waals surface area contributed by atoms with Crippen LogP contribution in [0.25, 0.3) is 11.1 Å². The van der Waals surface area contributed by atoms with Crippen molar-refractivity contribution < 1.29 is 9.59 Å². The summed E-state index contributed by atoms with van der Waals surface area (Å²) in [5.41, 5.74) is 7.78. The number of carbonyl (C=O) groups is 2. The molecule has 3 aliphatic rings.